The predicted octanol–water partition coefficient (Wildman–Crippen LogP) is 1.74. The molecule has 2 aromatic heterocycles. The molecule has 3 rings (SSSR count). The van der Waals surface area contributed by atoms with Crippen LogP contribution in [-0.2, 0) is 0 Å². The molecule has 0 aliphatic heterocycles. The highest BCUT2D eigenvalue weighted by Gasteiger charge is 2.09. The second kappa shape index (κ2) is 4.29. The van der Waals surface area contributed by atoms with Gasteiger partial charge in [0.15, 0.2) is 0 Å². The largest absolute Gasteiger partial charge is 0.423 e. The molecule has 1 aromatic carbocycles. The molecule has 0 amide bonds. The third-order valence-electron chi connectivity index (χ3n) is 2.74. The fourth-order valence-electron chi connectivity index (χ4n) is 1.88. The number of fused-ring (bicyclic) bond motifs is 1. The van der Waals surface area contributed by atoms with Crippen molar-refractivity contribution in [2.45, 2.75) is 6.92 Å². The van der Waals surface area contributed by atoms with Gasteiger partial charge in [-0.2, -0.15) is 0 Å². The van der Waals surface area contributed by atoms with Crippen molar-refractivity contribution in [2.24, 2.45) is 0 Å². The Hall–Kier alpha value is -1.99. The van der Waals surface area contributed by atoms with Crippen LogP contribution >= 0.6 is 20.7 Å². The summed E-state index contributed by atoms with van der Waals surface area (Å²) in [6, 6.07) is 6.33. The minimum absolute atomic E-state index is 0.343. The van der Waals surface area contributed by atoms with Crippen molar-refractivity contribution in [2.75, 3.05) is 0 Å². The van der Waals surface area contributed by atoms with Crippen LogP contribution in [0.5, 0.6) is 0 Å². The quantitative estimate of drug-likeness (QED) is 0.506. The first kappa shape index (κ1) is 12.1. The average molecular weight is 293 g/mol. The highest BCUT2D eigenvalue weighted by atomic mass is 32.9. The summed E-state index contributed by atoms with van der Waals surface area (Å²) in [6.07, 6.45) is 0. The maximum absolute atomic E-state index is 11.6. The van der Waals surface area contributed by atoms with Gasteiger partial charge in [-0.3, -0.25) is 9.59 Å². The molecule has 0 saturated carbocycles. The van der Waals surface area contributed by atoms with Crippen molar-refractivity contribution in [1.82, 2.24) is 4.57 Å². The Morgan fingerprint density at radius 1 is 1.05 bits per heavy atom. The molecule has 0 spiro atoms. The van der Waals surface area contributed by atoms with E-state index in [1.807, 2.05) is 0 Å². The van der Waals surface area contributed by atoms with E-state index in [2.05, 4.69) is 0 Å². The van der Waals surface area contributed by atoms with Gasteiger partial charge < -0.3 is 4.42 Å². The second-order valence-electron chi connectivity index (χ2n) is 3.96. The number of rotatable bonds is 1. The Morgan fingerprint density at radius 3 is 2.42 bits per heavy atom. The molecule has 0 saturated heterocycles. The van der Waals surface area contributed by atoms with E-state index in [1.54, 1.807) is 19.1 Å². The molecule has 0 N–H and O–H groups in total. The number of hydrogen-bond acceptors (Lipinski definition) is 6. The molecular weight excluding hydrogens is 286 g/mol. The topological polar surface area (TPSA) is 69.3 Å². The molecule has 0 bridgehead atoms. The Kier molecular flexibility index (Phi) is 2.72. The van der Waals surface area contributed by atoms with Crippen LogP contribution in [0.4, 0.5) is 0 Å². The average Bonchev–Trinajstić information content (AvgIpc) is 2.68. The van der Waals surface area contributed by atoms with Gasteiger partial charge in [0.25, 0.3) is 0 Å². The number of aryl methyl sites for hydroxylation is 1. The van der Waals surface area contributed by atoms with E-state index in [0.717, 1.165) is 36.2 Å². The number of nitrogens with zero attached hydrogens (tertiary/aromatic N) is 1. The Labute approximate surface area is 113 Å². The minimum Gasteiger partial charge on any atom is -0.423 e. The fraction of sp³-hybridized carbons (Fsp3) is 0.0833. The van der Waals surface area contributed by atoms with Crippen molar-refractivity contribution in [1.29, 1.82) is 0 Å². The number of aromatic nitrogens is 1. The van der Waals surface area contributed by atoms with Crippen LogP contribution in [0.25, 0.3) is 16.7 Å². The normalized spacial score (nSPS) is 11.0. The smallest absolute Gasteiger partial charge is 0.336 e. The van der Waals surface area contributed by atoms with Gasteiger partial charge in [-0.15, -0.1) is 0 Å². The molecule has 0 aliphatic rings. The molecule has 7 heteroatoms. The van der Waals surface area contributed by atoms with E-state index in [9.17, 15) is 14.4 Å². The van der Waals surface area contributed by atoms with Gasteiger partial charge in [0, 0.05) is 17.5 Å². The zero-order valence-corrected chi connectivity index (χ0v) is 11.3. The van der Waals surface area contributed by atoms with Crippen LogP contribution in [0, 0.1) is 6.92 Å². The summed E-state index contributed by atoms with van der Waals surface area (Å²) in [6.45, 7) is 1.80. The zero-order chi connectivity index (χ0) is 13.6. The van der Waals surface area contributed by atoms with Gasteiger partial charge in [-0.25, -0.2) is 9.36 Å². The van der Waals surface area contributed by atoms with Gasteiger partial charge >= 0.3 is 15.4 Å². The first-order valence-electron chi connectivity index (χ1n) is 5.33. The molecule has 19 heavy (non-hydrogen) atoms. The lowest BCUT2D eigenvalue weighted by molar-refractivity contribution is 0.559. The Bertz CT molecular complexity index is 917. The molecule has 2 heterocycles. The lowest BCUT2D eigenvalue weighted by Gasteiger charge is -2.03. The van der Waals surface area contributed by atoms with Gasteiger partial charge in [0.2, 0.25) is 0 Å². The third kappa shape index (κ3) is 1.96. The summed E-state index contributed by atoms with van der Waals surface area (Å²) >= 11 is 0. The fourth-order valence-corrected chi connectivity index (χ4v) is 3.48. The summed E-state index contributed by atoms with van der Waals surface area (Å²) < 4.78 is 6.16. The van der Waals surface area contributed by atoms with E-state index in [1.165, 1.54) is 12.1 Å². The molecule has 0 fully saturated rings. The van der Waals surface area contributed by atoms with Crippen molar-refractivity contribution in [3.8, 4) is 5.69 Å². The highest BCUT2D eigenvalue weighted by molar-refractivity contribution is 7.67. The van der Waals surface area contributed by atoms with Crippen LogP contribution < -0.4 is 15.4 Å². The monoisotopic (exact) mass is 293 g/mol. The summed E-state index contributed by atoms with van der Waals surface area (Å²) in [7, 11) is 1.76. The number of hydrogen-bond donors (Lipinski definition) is 0. The molecule has 0 unspecified atom stereocenters. The first-order chi connectivity index (χ1) is 9.06. The second-order valence-corrected chi connectivity index (χ2v) is 5.99. The van der Waals surface area contributed by atoms with Crippen LogP contribution in [0.2, 0.25) is 0 Å². The Morgan fingerprint density at radius 2 is 1.74 bits per heavy atom. The van der Waals surface area contributed by atoms with Crippen LogP contribution in [0.15, 0.2) is 43.1 Å². The molecule has 3 aromatic rings. The van der Waals surface area contributed by atoms with Crippen molar-refractivity contribution in [3.05, 3.63) is 59.6 Å². The van der Waals surface area contributed by atoms with E-state index >= 15 is 0 Å². The van der Waals surface area contributed by atoms with Crippen molar-refractivity contribution in [3.63, 3.8) is 0 Å². The van der Waals surface area contributed by atoms with Crippen LogP contribution in [0.1, 0.15) is 5.56 Å². The number of benzene rings is 1. The lowest BCUT2D eigenvalue weighted by Crippen LogP contribution is -2.21. The van der Waals surface area contributed by atoms with Crippen LogP contribution in [-0.4, -0.2) is 4.57 Å². The maximum Gasteiger partial charge on any atom is 0.336 e. The standard InChI is InChI=1S/C12H7NO4S2/c1-6-4-10(14)17-9-5-7(2-3-8(6)9)13-11(15)18-19-12(13)16/h2-5H,1H3. The summed E-state index contributed by atoms with van der Waals surface area (Å²) in [5.74, 6) is 0. The maximum atomic E-state index is 11.6. The molecular formula is C12H7NO4S2. The predicted molar refractivity (Wildman–Crippen MR) is 74.8 cm³/mol. The summed E-state index contributed by atoms with van der Waals surface area (Å²) in [5, 5.41) is 0.780. The van der Waals surface area contributed by atoms with Crippen molar-refractivity contribution >= 4 is 31.7 Å². The van der Waals surface area contributed by atoms with Crippen LogP contribution in [0.3, 0.4) is 0 Å². The summed E-state index contributed by atoms with van der Waals surface area (Å²) in [5.41, 5.74) is 1.12. The van der Waals surface area contributed by atoms with Gasteiger partial charge in [-0.05, 0) is 45.3 Å². The molecule has 0 radical (unpaired) electrons. The molecule has 0 aliphatic carbocycles. The van der Waals surface area contributed by atoms with E-state index in [0.29, 0.717) is 11.3 Å². The molecule has 0 atom stereocenters. The molecule has 96 valence electrons. The summed E-state index contributed by atoms with van der Waals surface area (Å²) in [4.78, 5) is 33.9. The zero-order valence-electron chi connectivity index (χ0n) is 9.71. The lowest BCUT2D eigenvalue weighted by atomic mass is 10.1. The first-order valence-corrected chi connectivity index (χ1v) is 7.48. The van der Waals surface area contributed by atoms with Crippen molar-refractivity contribution < 1.29 is 4.42 Å². The minimum atomic E-state index is -0.454. The van der Waals surface area contributed by atoms with Gasteiger partial charge in [0.1, 0.15) is 5.58 Å². The SMILES string of the molecule is Cc1cc(=O)oc2cc(-n3c(=O)ssc3=O)ccc12. The van der Waals surface area contributed by atoms with E-state index in [-0.39, 0.29) is 9.75 Å². The van der Waals surface area contributed by atoms with Gasteiger partial charge in [0.05, 0.1) is 5.69 Å². The Balaban J connectivity index is 2.37. The van der Waals surface area contributed by atoms with E-state index < -0.39 is 5.63 Å². The third-order valence-corrected chi connectivity index (χ3v) is 4.58. The van der Waals surface area contributed by atoms with Gasteiger partial charge in [-0.1, -0.05) is 0 Å². The van der Waals surface area contributed by atoms with E-state index in [4.69, 9.17) is 4.42 Å². The molecule has 5 nitrogen and oxygen atoms in total. The highest BCUT2D eigenvalue weighted by Crippen LogP contribution is 2.19.